The summed E-state index contributed by atoms with van der Waals surface area (Å²) in [7, 11) is 0. The molecule has 0 fully saturated rings. The fourth-order valence-corrected chi connectivity index (χ4v) is 2.49. The third-order valence-electron chi connectivity index (χ3n) is 2.57. The van der Waals surface area contributed by atoms with E-state index in [-0.39, 0.29) is 22.2 Å². The molecular weight excluding hydrogens is 330 g/mol. The van der Waals surface area contributed by atoms with Crippen LogP contribution in [0.15, 0.2) is 47.6 Å². The highest BCUT2D eigenvalue weighted by Gasteiger charge is 2.17. The average molecular weight is 340 g/mol. The molecule has 2 rings (SSSR count). The molecule has 9 heteroatoms. The fraction of sp³-hybridized carbons (Fsp3) is 0.0769. The molecule has 0 aliphatic rings. The van der Waals surface area contributed by atoms with Crippen molar-refractivity contribution in [1.29, 1.82) is 0 Å². The summed E-state index contributed by atoms with van der Waals surface area (Å²) in [5, 5.41) is 25.4. The Morgan fingerprint density at radius 3 is 2.82 bits per heavy atom. The molecule has 1 aromatic heterocycles. The Kier molecular flexibility index (Phi) is 5.18. The minimum Gasteiger partial charge on any atom is -0.618 e. The van der Waals surface area contributed by atoms with E-state index in [1.807, 2.05) is 0 Å². The maximum Gasteiger partial charge on any atom is 0.294 e. The normalized spacial score (nSPS) is 10.2. The van der Waals surface area contributed by atoms with Crippen molar-refractivity contribution in [3.8, 4) is 0 Å². The molecule has 0 radical (unpaired) electrons. The number of rotatable bonds is 5. The second-order valence-electron chi connectivity index (χ2n) is 4.12. The molecule has 114 valence electrons. The molecule has 0 bridgehead atoms. The van der Waals surface area contributed by atoms with Crippen LogP contribution in [0.3, 0.4) is 0 Å². The van der Waals surface area contributed by atoms with Gasteiger partial charge in [0.1, 0.15) is 5.69 Å². The Labute approximate surface area is 134 Å². The first-order valence-electron chi connectivity index (χ1n) is 6.02. The van der Waals surface area contributed by atoms with E-state index >= 15 is 0 Å². The number of aromatic nitrogens is 1. The van der Waals surface area contributed by atoms with E-state index in [4.69, 9.17) is 11.6 Å². The van der Waals surface area contributed by atoms with E-state index < -0.39 is 10.8 Å². The highest BCUT2D eigenvalue weighted by atomic mass is 35.5. The summed E-state index contributed by atoms with van der Waals surface area (Å²) >= 11 is 6.73. The standard InChI is InChI=1S/C13H10ClN3O4S/c14-9-4-5-10(11(7-9)17(20)21)15-12(18)8-22-13-3-1-2-6-16(13)19/h1-7H,8H2,(H,15,18). The zero-order valence-electron chi connectivity index (χ0n) is 11.1. The molecule has 0 aliphatic heterocycles. The minimum atomic E-state index is -0.628. The van der Waals surface area contributed by atoms with Crippen LogP contribution in [0, 0.1) is 15.3 Å². The van der Waals surface area contributed by atoms with E-state index in [0.29, 0.717) is 9.76 Å². The van der Waals surface area contributed by atoms with Gasteiger partial charge in [-0.25, -0.2) is 0 Å². The lowest BCUT2D eigenvalue weighted by atomic mass is 10.2. The molecule has 2 aromatic rings. The predicted octanol–water partition coefficient (Wildman–Crippen LogP) is 2.61. The number of amides is 1. The van der Waals surface area contributed by atoms with Gasteiger partial charge in [0.2, 0.25) is 5.91 Å². The van der Waals surface area contributed by atoms with Crippen LogP contribution in [0.2, 0.25) is 5.02 Å². The Morgan fingerprint density at radius 2 is 2.14 bits per heavy atom. The molecule has 1 aromatic carbocycles. The van der Waals surface area contributed by atoms with Crippen molar-refractivity contribution in [2.75, 3.05) is 11.1 Å². The lowest BCUT2D eigenvalue weighted by Crippen LogP contribution is -2.28. The van der Waals surface area contributed by atoms with Gasteiger partial charge < -0.3 is 10.5 Å². The molecule has 0 saturated heterocycles. The van der Waals surface area contributed by atoms with Crippen LogP contribution in [-0.2, 0) is 4.79 Å². The fourth-order valence-electron chi connectivity index (χ4n) is 1.61. The molecule has 22 heavy (non-hydrogen) atoms. The summed E-state index contributed by atoms with van der Waals surface area (Å²) in [4.78, 5) is 22.2. The van der Waals surface area contributed by atoms with Gasteiger partial charge in [-0.3, -0.25) is 14.9 Å². The molecule has 0 saturated carbocycles. The SMILES string of the molecule is O=C(CSc1cccc[n+]1[O-])Nc1ccc(Cl)cc1[N+](=O)[O-]. The van der Waals surface area contributed by atoms with E-state index in [1.54, 1.807) is 18.2 Å². The average Bonchev–Trinajstić information content (AvgIpc) is 2.48. The highest BCUT2D eigenvalue weighted by Crippen LogP contribution is 2.28. The summed E-state index contributed by atoms with van der Waals surface area (Å²) in [5.41, 5.74) is -0.229. The molecule has 7 nitrogen and oxygen atoms in total. The van der Waals surface area contributed by atoms with Gasteiger partial charge in [0.05, 0.1) is 10.7 Å². The van der Waals surface area contributed by atoms with Crippen molar-refractivity contribution in [3.05, 3.63) is 62.9 Å². The van der Waals surface area contributed by atoms with Crippen molar-refractivity contribution in [1.82, 2.24) is 0 Å². The monoisotopic (exact) mass is 339 g/mol. The Hall–Kier alpha value is -2.32. The third kappa shape index (κ3) is 4.09. The van der Waals surface area contributed by atoms with E-state index in [1.165, 1.54) is 18.3 Å². The lowest BCUT2D eigenvalue weighted by molar-refractivity contribution is -0.645. The second-order valence-corrected chi connectivity index (χ2v) is 5.55. The van der Waals surface area contributed by atoms with Crippen molar-refractivity contribution in [2.24, 2.45) is 0 Å². The Morgan fingerprint density at radius 1 is 1.36 bits per heavy atom. The van der Waals surface area contributed by atoms with E-state index in [2.05, 4.69) is 5.32 Å². The summed E-state index contributed by atoms with van der Waals surface area (Å²) in [6.07, 6.45) is 1.32. The molecular formula is C13H10ClN3O4S. The first kappa shape index (κ1) is 16.1. The van der Waals surface area contributed by atoms with Crippen LogP contribution in [0.1, 0.15) is 0 Å². The summed E-state index contributed by atoms with van der Waals surface area (Å²) in [5.74, 6) is -0.509. The van der Waals surface area contributed by atoms with Crippen LogP contribution in [0.25, 0.3) is 0 Å². The van der Waals surface area contributed by atoms with Gasteiger partial charge in [-0.15, -0.1) is 0 Å². The van der Waals surface area contributed by atoms with Gasteiger partial charge >= 0.3 is 0 Å². The quantitative estimate of drug-likeness (QED) is 0.297. The number of halogens is 1. The van der Waals surface area contributed by atoms with E-state index in [0.717, 1.165) is 17.8 Å². The number of nitro groups is 1. The van der Waals surface area contributed by atoms with Gasteiger partial charge in [-0.2, -0.15) is 4.73 Å². The number of nitrogens with zero attached hydrogens (tertiary/aromatic N) is 2. The number of hydrogen-bond acceptors (Lipinski definition) is 5. The van der Waals surface area contributed by atoms with Gasteiger partial charge in [-0.05, 0) is 30.0 Å². The number of anilines is 1. The lowest BCUT2D eigenvalue weighted by Gasteiger charge is -2.06. The van der Waals surface area contributed by atoms with Crippen LogP contribution in [-0.4, -0.2) is 16.6 Å². The topological polar surface area (TPSA) is 99.2 Å². The molecule has 1 N–H and O–H groups in total. The zero-order chi connectivity index (χ0) is 16.1. The largest absolute Gasteiger partial charge is 0.618 e. The minimum absolute atomic E-state index is 0.0496. The van der Waals surface area contributed by atoms with Gasteiger partial charge in [0.25, 0.3) is 10.7 Å². The summed E-state index contributed by atoms with van der Waals surface area (Å²) in [6, 6.07) is 8.80. The van der Waals surface area contributed by atoms with Crippen molar-refractivity contribution in [2.45, 2.75) is 5.03 Å². The molecule has 1 heterocycles. The van der Waals surface area contributed by atoms with Crippen LogP contribution in [0.4, 0.5) is 11.4 Å². The first-order valence-corrected chi connectivity index (χ1v) is 7.38. The van der Waals surface area contributed by atoms with Crippen LogP contribution >= 0.6 is 23.4 Å². The Bertz CT molecular complexity index is 726. The Balaban J connectivity index is 2.04. The molecule has 1 amide bonds. The first-order chi connectivity index (χ1) is 10.5. The van der Waals surface area contributed by atoms with Gasteiger partial charge in [-0.1, -0.05) is 11.6 Å². The van der Waals surface area contributed by atoms with Crippen molar-refractivity contribution >= 4 is 40.6 Å². The van der Waals surface area contributed by atoms with Crippen molar-refractivity contribution < 1.29 is 14.4 Å². The number of nitrogens with one attached hydrogen (secondary N) is 1. The van der Waals surface area contributed by atoms with Gasteiger partial charge in [0.15, 0.2) is 6.20 Å². The van der Waals surface area contributed by atoms with Crippen LogP contribution < -0.4 is 10.0 Å². The summed E-state index contributed by atoms with van der Waals surface area (Å²) < 4.78 is 0.642. The highest BCUT2D eigenvalue weighted by molar-refractivity contribution is 7.99. The smallest absolute Gasteiger partial charge is 0.294 e. The number of pyridine rings is 1. The van der Waals surface area contributed by atoms with E-state index in [9.17, 15) is 20.1 Å². The molecule has 0 aliphatic carbocycles. The third-order valence-corrected chi connectivity index (χ3v) is 3.82. The number of carbonyl (C=O) groups is 1. The number of benzene rings is 1. The molecule has 0 spiro atoms. The maximum absolute atomic E-state index is 11.9. The molecule has 0 unspecified atom stereocenters. The number of nitro benzene ring substituents is 1. The van der Waals surface area contributed by atoms with Crippen molar-refractivity contribution in [3.63, 3.8) is 0 Å². The number of thioether (sulfide) groups is 1. The predicted molar refractivity (Wildman–Crippen MR) is 82.9 cm³/mol. The zero-order valence-corrected chi connectivity index (χ0v) is 12.6. The number of hydrogen-bond donors (Lipinski definition) is 1. The van der Waals surface area contributed by atoms with Gasteiger partial charge in [0, 0.05) is 23.2 Å². The number of carbonyl (C=O) groups excluding carboxylic acids is 1. The maximum atomic E-state index is 11.9. The summed E-state index contributed by atoms with van der Waals surface area (Å²) in [6.45, 7) is 0. The second kappa shape index (κ2) is 7.10. The van der Waals surface area contributed by atoms with Crippen LogP contribution in [0.5, 0.6) is 0 Å². The molecule has 0 atom stereocenters.